The summed E-state index contributed by atoms with van der Waals surface area (Å²) in [6, 6.07) is 10.5. The summed E-state index contributed by atoms with van der Waals surface area (Å²) in [6.45, 7) is 5.63. The Hall–Kier alpha value is -2.56. The maximum absolute atomic E-state index is 12.5. The van der Waals surface area contributed by atoms with Crippen molar-refractivity contribution in [2.24, 2.45) is 10.1 Å². The van der Waals surface area contributed by atoms with E-state index in [4.69, 9.17) is 4.84 Å². The Kier molecular flexibility index (Phi) is 10.2. The summed E-state index contributed by atoms with van der Waals surface area (Å²) in [6.07, 6.45) is 1.40. The van der Waals surface area contributed by atoms with Crippen molar-refractivity contribution in [3.63, 3.8) is 0 Å². The van der Waals surface area contributed by atoms with Crippen molar-refractivity contribution in [1.82, 2.24) is 4.72 Å². The Morgan fingerprint density at radius 3 is 2.48 bits per heavy atom. The van der Waals surface area contributed by atoms with E-state index in [-0.39, 0.29) is 10.6 Å². The lowest BCUT2D eigenvalue weighted by Gasteiger charge is -2.14. The van der Waals surface area contributed by atoms with Crippen molar-refractivity contribution in [3.8, 4) is 0 Å². The van der Waals surface area contributed by atoms with Crippen molar-refractivity contribution in [3.05, 3.63) is 52.9 Å². The number of sulfonamides is 1. The van der Waals surface area contributed by atoms with Crippen LogP contribution in [0.5, 0.6) is 0 Å². The van der Waals surface area contributed by atoms with Gasteiger partial charge in [0.2, 0.25) is 5.90 Å². The van der Waals surface area contributed by atoms with Crippen molar-refractivity contribution in [2.45, 2.75) is 37.4 Å². The first-order valence-electron chi connectivity index (χ1n) is 8.84. The van der Waals surface area contributed by atoms with E-state index in [0.29, 0.717) is 10.8 Å². The number of carbonyl (C=O) groups is 1. The summed E-state index contributed by atoms with van der Waals surface area (Å²) in [5, 5.41) is 13.1. The molecule has 1 atom stereocenters. The van der Waals surface area contributed by atoms with Crippen LogP contribution in [0.15, 0.2) is 56.8 Å². The lowest BCUT2D eigenvalue weighted by molar-refractivity contribution is -0.138. The summed E-state index contributed by atoms with van der Waals surface area (Å²) in [4.78, 5) is 20.7. The van der Waals surface area contributed by atoms with Crippen molar-refractivity contribution in [2.75, 3.05) is 7.05 Å². The van der Waals surface area contributed by atoms with Crippen LogP contribution < -0.4 is 4.72 Å². The van der Waals surface area contributed by atoms with E-state index in [1.807, 2.05) is 13.8 Å². The zero-order valence-electron chi connectivity index (χ0n) is 16.7. The highest BCUT2D eigenvalue weighted by atomic mass is 32.2. The highest BCUT2D eigenvalue weighted by Crippen LogP contribution is 2.21. The number of carboxylic acids is 1. The van der Waals surface area contributed by atoms with Gasteiger partial charge >= 0.3 is 5.97 Å². The molecule has 0 aliphatic rings. The minimum atomic E-state index is -3.99. The predicted octanol–water partition coefficient (Wildman–Crippen LogP) is 3.15. The van der Waals surface area contributed by atoms with Crippen LogP contribution in [0.1, 0.15) is 31.2 Å². The molecule has 0 saturated heterocycles. The smallest absolute Gasteiger partial charge is 0.322 e. The third kappa shape index (κ3) is 8.14. The standard InChI is InChI=1S/C17H19N3O5S2.C2H6/c1-12(18-2)25-19-11-14-8-9-16(26-14)27(23,24)20-15(17(21)22)10-13-6-4-3-5-7-13;1-2/h3-9,11,15,20H,10H2,1-2H3,(H,21,22);1-2H3/b18-12?,19-11+;. The average molecular weight is 440 g/mol. The van der Waals surface area contributed by atoms with Crippen LogP contribution in [-0.4, -0.2) is 44.7 Å². The van der Waals surface area contributed by atoms with Gasteiger partial charge in [0, 0.05) is 14.0 Å². The molecule has 10 heteroatoms. The molecule has 0 amide bonds. The molecule has 158 valence electrons. The van der Waals surface area contributed by atoms with Gasteiger partial charge in [-0.05, 0) is 24.1 Å². The van der Waals surface area contributed by atoms with E-state index >= 15 is 0 Å². The van der Waals surface area contributed by atoms with Gasteiger partial charge in [0.05, 0.1) is 11.1 Å². The van der Waals surface area contributed by atoms with Gasteiger partial charge in [0.15, 0.2) is 0 Å². The maximum atomic E-state index is 12.5. The van der Waals surface area contributed by atoms with E-state index < -0.39 is 22.0 Å². The number of hydrogen-bond acceptors (Lipinski definition) is 7. The van der Waals surface area contributed by atoms with Crippen LogP contribution in [0.25, 0.3) is 0 Å². The molecule has 2 rings (SSSR count). The zero-order chi connectivity index (χ0) is 21.9. The fraction of sp³-hybridized carbons (Fsp3) is 0.316. The fourth-order valence-corrected chi connectivity index (χ4v) is 4.41. The molecule has 0 saturated carbocycles. The highest BCUT2D eigenvalue weighted by molar-refractivity contribution is 7.91. The number of oxime groups is 1. The maximum Gasteiger partial charge on any atom is 0.322 e. The van der Waals surface area contributed by atoms with Gasteiger partial charge < -0.3 is 9.94 Å². The summed E-state index contributed by atoms with van der Waals surface area (Å²) < 4.78 is 27.3. The Morgan fingerprint density at radius 1 is 1.24 bits per heavy atom. The van der Waals surface area contributed by atoms with Crippen LogP contribution in [0.2, 0.25) is 0 Å². The third-order valence-electron chi connectivity index (χ3n) is 3.42. The highest BCUT2D eigenvalue weighted by Gasteiger charge is 2.26. The molecule has 29 heavy (non-hydrogen) atoms. The number of rotatable bonds is 8. The molecule has 1 aromatic carbocycles. The lowest BCUT2D eigenvalue weighted by Crippen LogP contribution is -2.42. The first kappa shape index (κ1) is 24.5. The molecule has 1 aromatic heterocycles. The molecule has 0 fully saturated rings. The largest absolute Gasteiger partial charge is 0.480 e. The summed E-state index contributed by atoms with van der Waals surface area (Å²) in [5.74, 6) is -0.883. The molecule has 0 bridgehead atoms. The Morgan fingerprint density at radius 2 is 1.90 bits per heavy atom. The topological polar surface area (TPSA) is 117 Å². The third-order valence-corrected chi connectivity index (χ3v) is 6.41. The second-order valence-corrected chi connectivity index (χ2v) is 8.48. The molecule has 0 spiro atoms. The second kappa shape index (κ2) is 12.1. The lowest BCUT2D eigenvalue weighted by atomic mass is 10.1. The Bertz CT molecular complexity index is 938. The number of aliphatic carboxylic acids is 1. The Labute approximate surface area is 175 Å². The van der Waals surface area contributed by atoms with E-state index in [1.54, 1.807) is 50.4 Å². The SMILES string of the molecule is CC.CN=C(C)O/N=C/c1ccc(S(=O)(=O)NC(Cc2ccccc2)C(=O)O)s1. The van der Waals surface area contributed by atoms with Gasteiger partial charge in [-0.25, -0.2) is 8.42 Å². The Balaban J connectivity index is 0.00000204. The van der Waals surface area contributed by atoms with Crippen molar-refractivity contribution >= 4 is 39.4 Å². The number of benzene rings is 1. The molecule has 0 aliphatic carbocycles. The minimum Gasteiger partial charge on any atom is -0.480 e. The van der Waals surface area contributed by atoms with Crippen LogP contribution in [0.3, 0.4) is 0 Å². The summed E-state index contributed by atoms with van der Waals surface area (Å²) in [5.41, 5.74) is 0.719. The van der Waals surface area contributed by atoms with Crippen LogP contribution >= 0.6 is 11.3 Å². The number of thiophene rings is 1. The molecule has 0 radical (unpaired) electrons. The number of nitrogens with one attached hydrogen (secondary N) is 1. The average Bonchev–Trinajstić information content (AvgIpc) is 3.19. The zero-order valence-corrected chi connectivity index (χ0v) is 18.3. The van der Waals surface area contributed by atoms with E-state index in [1.165, 1.54) is 12.3 Å². The van der Waals surface area contributed by atoms with E-state index in [2.05, 4.69) is 14.9 Å². The normalized spacial score (nSPS) is 12.9. The summed E-state index contributed by atoms with van der Waals surface area (Å²) in [7, 11) is -2.43. The second-order valence-electron chi connectivity index (χ2n) is 5.43. The van der Waals surface area contributed by atoms with Gasteiger partial charge in [-0.2, -0.15) is 4.72 Å². The molecular weight excluding hydrogens is 414 g/mol. The quantitative estimate of drug-likeness (QED) is 0.372. The molecule has 1 heterocycles. The molecule has 8 nitrogen and oxygen atoms in total. The number of aliphatic imine (C=N–C) groups is 1. The van der Waals surface area contributed by atoms with Gasteiger partial charge in [-0.15, -0.1) is 11.3 Å². The van der Waals surface area contributed by atoms with Crippen molar-refractivity contribution < 1.29 is 23.2 Å². The van der Waals surface area contributed by atoms with Crippen molar-refractivity contribution in [1.29, 1.82) is 0 Å². The summed E-state index contributed by atoms with van der Waals surface area (Å²) >= 11 is 0.947. The number of hydrogen-bond donors (Lipinski definition) is 2. The predicted molar refractivity (Wildman–Crippen MR) is 115 cm³/mol. The first-order chi connectivity index (χ1) is 13.8. The van der Waals surface area contributed by atoms with E-state index in [9.17, 15) is 18.3 Å². The van der Waals surface area contributed by atoms with Crippen LogP contribution in [-0.2, 0) is 26.1 Å². The van der Waals surface area contributed by atoms with Crippen LogP contribution in [0.4, 0.5) is 0 Å². The monoisotopic (exact) mass is 439 g/mol. The molecular formula is C19H25N3O5S2. The van der Waals surface area contributed by atoms with Gasteiger partial charge in [-0.1, -0.05) is 49.3 Å². The number of nitrogens with zero attached hydrogens (tertiary/aromatic N) is 2. The van der Waals surface area contributed by atoms with Crippen LogP contribution in [0, 0.1) is 0 Å². The fourth-order valence-electron chi connectivity index (χ4n) is 2.02. The minimum absolute atomic E-state index is 0.0101. The molecule has 2 aromatic rings. The molecule has 2 N–H and O–H groups in total. The molecule has 1 unspecified atom stereocenters. The molecule has 0 aliphatic heterocycles. The first-order valence-corrected chi connectivity index (χ1v) is 11.1. The number of carboxylic acid groups (broad SMARTS) is 1. The van der Waals surface area contributed by atoms with Gasteiger partial charge in [0.1, 0.15) is 10.3 Å². The van der Waals surface area contributed by atoms with Gasteiger partial charge in [0.25, 0.3) is 10.0 Å². The van der Waals surface area contributed by atoms with E-state index in [0.717, 1.165) is 16.9 Å². The van der Waals surface area contributed by atoms with Gasteiger partial charge in [-0.3, -0.25) is 9.79 Å².